The molecule has 0 spiro atoms. The van der Waals surface area contributed by atoms with Crippen molar-refractivity contribution in [2.75, 3.05) is 20.2 Å². The van der Waals surface area contributed by atoms with E-state index in [2.05, 4.69) is 5.32 Å². The minimum atomic E-state index is -0.890. The molecular formula is C14H21ClN2O3S. The van der Waals surface area contributed by atoms with Crippen LogP contribution < -0.4 is 5.32 Å². The summed E-state index contributed by atoms with van der Waals surface area (Å²) in [6, 6.07) is 3.70. The van der Waals surface area contributed by atoms with E-state index >= 15 is 0 Å². The van der Waals surface area contributed by atoms with Gasteiger partial charge in [-0.1, -0.05) is 11.6 Å². The Labute approximate surface area is 134 Å². The van der Waals surface area contributed by atoms with Crippen LogP contribution in [0.4, 0.5) is 0 Å². The van der Waals surface area contributed by atoms with Crippen molar-refractivity contribution in [3.63, 3.8) is 0 Å². The number of likely N-dealkylation sites (N-methyl/N-ethyl adjacent to an activating group) is 1. The summed E-state index contributed by atoms with van der Waals surface area (Å²) in [5.41, 5.74) is -0.890. The van der Waals surface area contributed by atoms with Crippen molar-refractivity contribution in [3.8, 4) is 0 Å². The lowest BCUT2D eigenvalue weighted by atomic mass is 10.1. The molecule has 1 amide bonds. The fraction of sp³-hybridized carbons (Fsp3) is 0.571. The molecule has 7 heteroatoms. The molecule has 0 bridgehead atoms. The number of halogens is 1. The van der Waals surface area contributed by atoms with E-state index in [1.807, 2.05) is 12.1 Å². The zero-order chi connectivity index (χ0) is 16.0. The lowest BCUT2D eigenvalue weighted by Crippen LogP contribution is -2.51. The number of rotatable bonds is 7. The Bertz CT molecular complexity index is 502. The first kappa shape index (κ1) is 17.9. The van der Waals surface area contributed by atoms with Gasteiger partial charge in [-0.25, -0.2) is 0 Å². The summed E-state index contributed by atoms with van der Waals surface area (Å²) in [4.78, 5) is 26.4. The molecule has 0 aromatic carbocycles. The Morgan fingerprint density at radius 3 is 2.62 bits per heavy atom. The third kappa shape index (κ3) is 5.65. The van der Waals surface area contributed by atoms with E-state index < -0.39 is 5.54 Å². The Kier molecular flexibility index (Phi) is 6.64. The Balaban J connectivity index is 2.47. The average molecular weight is 333 g/mol. The predicted octanol–water partition coefficient (Wildman–Crippen LogP) is 2.29. The molecule has 0 unspecified atom stereocenters. The van der Waals surface area contributed by atoms with Crippen molar-refractivity contribution in [2.24, 2.45) is 0 Å². The molecule has 0 fully saturated rings. The van der Waals surface area contributed by atoms with Gasteiger partial charge in [-0.05, 0) is 32.9 Å². The minimum Gasteiger partial charge on any atom is -0.465 e. The van der Waals surface area contributed by atoms with Gasteiger partial charge < -0.3 is 9.64 Å². The van der Waals surface area contributed by atoms with Crippen molar-refractivity contribution in [1.82, 2.24) is 10.2 Å². The van der Waals surface area contributed by atoms with Gasteiger partial charge in [0.05, 0.1) is 24.0 Å². The van der Waals surface area contributed by atoms with Crippen LogP contribution in [0.2, 0.25) is 4.34 Å². The van der Waals surface area contributed by atoms with Gasteiger partial charge in [-0.2, -0.15) is 0 Å². The quantitative estimate of drug-likeness (QED) is 0.778. The number of thiophene rings is 1. The SMILES string of the molecule is CCOC(=O)C(C)(C)NCC(=O)N(C)Cc1ccc(Cl)s1. The van der Waals surface area contributed by atoms with Gasteiger partial charge in [-0.15, -0.1) is 11.3 Å². The van der Waals surface area contributed by atoms with Crippen LogP contribution in [0.1, 0.15) is 25.6 Å². The van der Waals surface area contributed by atoms with Crippen molar-refractivity contribution in [2.45, 2.75) is 32.9 Å². The van der Waals surface area contributed by atoms with Crippen LogP contribution in [-0.2, 0) is 20.9 Å². The topological polar surface area (TPSA) is 58.6 Å². The second-order valence-corrected chi connectivity index (χ2v) is 6.95. The summed E-state index contributed by atoms with van der Waals surface area (Å²) in [7, 11) is 1.72. The number of ether oxygens (including phenoxy) is 1. The number of amides is 1. The maximum atomic E-state index is 12.1. The number of esters is 1. The lowest BCUT2D eigenvalue weighted by Gasteiger charge is -2.25. The number of nitrogens with one attached hydrogen (secondary N) is 1. The number of hydrogen-bond acceptors (Lipinski definition) is 5. The van der Waals surface area contributed by atoms with E-state index in [1.165, 1.54) is 11.3 Å². The van der Waals surface area contributed by atoms with Crippen molar-refractivity contribution >= 4 is 34.8 Å². The molecule has 0 aliphatic rings. The van der Waals surface area contributed by atoms with Crippen molar-refractivity contribution in [3.05, 3.63) is 21.3 Å². The molecule has 118 valence electrons. The number of carbonyl (C=O) groups excluding carboxylic acids is 2. The average Bonchev–Trinajstić information content (AvgIpc) is 2.81. The molecule has 5 nitrogen and oxygen atoms in total. The zero-order valence-corrected chi connectivity index (χ0v) is 14.3. The number of nitrogens with zero attached hydrogens (tertiary/aromatic N) is 1. The molecule has 0 atom stereocenters. The molecule has 1 N–H and O–H groups in total. The first-order valence-electron chi connectivity index (χ1n) is 6.66. The molecule has 0 radical (unpaired) electrons. The summed E-state index contributed by atoms with van der Waals surface area (Å²) >= 11 is 7.31. The Morgan fingerprint density at radius 1 is 1.43 bits per heavy atom. The highest BCUT2D eigenvalue weighted by Crippen LogP contribution is 2.22. The zero-order valence-electron chi connectivity index (χ0n) is 12.7. The smallest absolute Gasteiger partial charge is 0.325 e. The summed E-state index contributed by atoms with van der Waals surface area (Å²) in [6.45, 7) is 6.02. The highest BCUT2D eigenvalue weighted by atomic mass is 35.5. The van der Waals surface area contributed by atoms with E-state index in [0.29, 0.717) is 17.5 Å². The van der Waals surface area contributed by atoms with E-state index in [4.69, 9.17) is 16.3 Å². The van der Waals surface area contributed by atoms with Crippen LogP contribution in [0.25, 0.3) is 0 Å². The van der Waals surface area contributed by atoms with Gasteiger partial charge in [-0.3, -0.25) is 14.9 Å². The molecule has 1 aromatic heterocycles. The van der Waals surface area contributed by atoms with E-state index in [1.54, 1.807) is 32.7 Å². The highest BCUT2D eigenvalue weighted by molar-refractivity contribution is 7.16. The van der Waals surface area contributed by atoms with Crippen LogP contribution >= 0.6 is 22.9 Å². The van der Waals surface area contributed by atoms with Gasteiger partial charge in [0.25, 0.3) is 0 Å². The van der Waals surface area contributed by atoms with Crippen LogP contribution in [0, 0.1) is 0 Å². The molecule has 1 aromatic rings. The fourth-order valence-corrected chi connectivity index (χ4v) is 2.72. The Morgan fingerprint density at radius 2 is 2.10 bits per heavy atom. The van der Waals surface area contributed by atoms with E-state index in [-0.39, 0.29) is 18.4 Å². The third-order valence-electron chi connectivity index (χ3n) is 2.91. The van der Waals surface area contributed by atoms with Gasteiger partial charge in [0.15, 0.2) is 0 Å². The largest absolute Gasteiger partial charge is 0.465 e. The maximum absolute atomic E-state index is 12.1. The van der Waals surface area contributed by atoms with Gasteiger partial charge in [0.1, 0.15) is 5.54 Å². The third-order valence-corrected chi connectivity index (χ3v) is 4.13. The molecule has 1 rings (SSSR count). The fourth-order valence-electron chi connectivity index (χ4n) is 1.57. The molecule has 21 heavy (non-hydrogen) atoms. The monoisotopic (exact) mass is 332 g/mol. The summed E-state index contributed by atoms with van der Waals surface area (Å²) in [5, 5.41) is 2.93. The first-order chi connectivity index (χ1) is 9.76. The standard InChI is InChI=1S/C14H21ClN2O3S/c1-5-20-13(19)14(2,3)16-8-12(18)17(4)9-10-6-7-11(15)21-10/h6-7,16H,5,8-9H2,1-4H3. The Hall–Kier alpha value is -1.11. The van der Waals surface area contributed by atoms with Crippen LogP contribution in [-0.4, -0.2) is 42.5 Å². The van der Waals surface area contributed by atoms with Crippen LogP contribution in [0.3, 0.4) is 0 Å². The highest BCUT2D eigenvalue weighted by Gasteiger charge is 2.29. The van der Waals surface area contributed by atoms with Gasteiger partial charge in [0, 0.05) is 11.9 Å². The number of hydrogen-bond donors (Lipinski definition) is 1. The molecule has 0 saturated heterocycles. The second kappa shape index (κ2) is 7.77. The first-order valence-corrected chi connectivity index (χ1v) is 7.86. The van der Waals surface area contributed by atoms with Crippen molar-refractivity contribution in [1.29, 1.82) is 0 Å². The second-order valence-electron chi connectivity index (χ2n) is 5.15. The minimum absolute atomic E-state index is 0.0709. The summed E-state index contributed by atoms with van der Waals surface area (Å²) in [6.07, 6.45) is 0. The van der Waals surface area contributed by atoms with E-state index in [9.17, 15) is 9.59 Å². The predicted molar refractivity (Wildman–Crippen MR) is 84.5 cm³/mol. The van der Waals surface area contributed by atoms with Crippen molar-refractivity contribution < 1.29 is 14.3 Å². The normalized spacial score (nSPS) is 11.3. The summed E-state index contributed by atoms with van der Waals surface area (Å²) in [5.74, 6) is -0.470. The molecule has 0 aliphatic heterocycles. The molecule has 1 heterocycles. The van der Waals surface area contributed by atoms with E-state index in [0.717, 1.165) is 4.88 Å². The van der Waals surface area contributed by atoms with Gasteiger partial charge >= 0.3 is 5.97 Å². The maximum Gasteiger partial charge on any atom is 0.325 e. The molecule has 0 aliphatic carbocycles. The molecular weight excluding hydrogens is 312 g/mol. The number of carbonyl (C=O) groups is 2. The summed E-state index contributed by atoms with van der Waals surface area (Å²) < 4.78 is 5.66. The lowest BCUT2D eigenvalue weighted by molar-refractivity contribution is -0.150. The van der Waals surface area contributed by atoms with Gasteiger partial charge in [0.2, 0.25) is 5.91 Å². The molecule has 0 saturated carbocycles. The van der Waals surface area contributed by atoms with Crippen LogP contribution in [0.15, 0.2) is 12.1 Å². The van der Waals surface area contributed by atoms with Crippen LogP contribution in [0.5, 0.6) is 0 Å².